The molecule has 0 amide bonds. The third-order valence-corrected chi connectivity index (χ3v) is 4.87. The number of aryl methyl sites for hydroxylation is 1. The monoisotopic (exact) mass is 252 g/mol. The first-order valence-corrected chi connectivity index (χ1v) is 7.97. The molecule has 2 nitrogen and oxygen atoms in total. The van der Waals surface area contributed by atoms with Gasteiger partial charge in [0.25, 0.3) is 0 Å². The Labute approximate surface area is 104 Å². The van der Waals surface area contributed by atoms with Crippen LogP contribution in [0.2, 0.25) is 0 Å². The maximum atomic E-state index is 12.3. The highest BCUT2D eigenvalue weighted by molar-refractivity contribution is 7.66. The van der Waals surface area contributed by atoms with E-state index in [0.717, 1.165) is 31.2 Å². The van der Waals surface area contributed by atoms with Crippen LogP contribution in [0.5, 0.6) is 0 Å². The molecule has 0 aliphatic carbocycles. The number of benzene rings is 1. The highest BCUT2D eigenvalue weighted by atomic mass is 31.2. The quantitative estimate of drug-likeness (QED) is 0.458. The minimum Gasteiger partial charge on any atom is -0.341 e. The van der Waals surface area contributed by atoms with E-state index in [1.54, 1.807) is 12.1 Å². The molecule has 1 rings (SSSR count). The van der Waals surface area contributed by atoms with Gasteiger partial charge in [-0.1, -0.05) is 37.6 Å². The maximum Gasteiger partial charge on any atom is 0.229 e. The highest BCUT2D eigenvalue weighted by Crippen LogP contribution is 2.41. The molecular formula is C14H21O2P. The first kappa shape index (κ1) is 14.2. The third-order valence-electron chi connectivity index (χ3n) is 2.76. The molecule has 1 atom stereocenters. The largest absolute Gasteiger partial charge is 0.341 e. The van der Waals surface area contributed by atoms with Crippen molar-refractivity contribution in [2.24, 2.45) is 0 Å². The number of unbranched alkanes of at least 4 members (excludes halogenated alkanes) is 1. The summed E-state index contributed by atoms with van der Waals surface area (Å²) in [5, 5.41) is 0.644. The van der Waals surface area contributed by atoms with Gasteiger partial charge in [0, 0.05) is 11.5 Å². The Morgan fingerprint density at radius 1 is 1.41 bits per heavy atom. The SMILES string of the molecule is C=CCCCP(=O)(O)c1ccccc1CCC. The molecule has 0 aliphatic heterocycles. The van der Waals surface area contributed by atoms with E-state index in [1.165, 1.54) is 0 Å². The van der Waals surface area contributed by atoms with Crippen molar-refractivity contribution < 1.29 is 9.46 Å². The summed E-state index contributed by atoms with van der Waals surface area (Å²) in [6.45, 7) is 5.71. The van der Waals surface area contributed by atoms with Crippen LogP contribution in [0.1, 0.15) is 31.7 Å². The number of allylic oxidation sites excluding steroid dienone is 1. The zero-order chi connectivity index (χ0) is 12.7. The van der Waals surface area contributed by atoms with Crippen LogP contribution >= 0.6 is 7.37 Å². The topological polar surface area (TPSA) is 37.3 Å². The van der Waals surface area contributed by atoms with Gasteiger partial charge >= 0.3 is 0 Å². The van der Waals surface area contributed by atoms with Crippen molar-refractivity contribution in [3.63, 3.8) is 0 Å². The van der Waals surface area contributed by atoms with Crippen LogP contribution in [-0.4, -0.2) is 11.1 Å². The maximum absolute atomic E-state index is 12.3. The normalized spacial score (nSPS) is 14.2. The Morgan fingerprint density at radius 2 is 2.12 bits per heavy atom. The van der Waals surface area contributed by atoms with Crippen molar-refractivity contribution in [3.8, 4) is 0 Å². The molecule has 0 saturated heterocycles. The molecule has 0 saturated carbocycles. The Balaban J connectivity index is 2.88. The van der Waals surface area contributed by atoms with Crippen LogP contribution < -0.4 is 5.30 Å². The van der Waals surface area contributed by atoms with Crippen LogP contribution in [0.25, 0.3) is 0 Å². The van der Waals surface area contributed by atoms with E-state index in [4.69, 9.17) is 0 Å². The molecule has 0 radical (unpaired) electrons. The fourth-order valence-corrected chi connectivity index (χ4v) is 3.71. The fraction of sp³-hybridized carbons (Fsp3) is 0.429. The molecule has 1 N–H and O–H groups in total. The van der Waals surface area contributed by atoms with Crippen molar-refractivity contribution in [2.45, 2.75) is 32.6 Å². The summed E-state index contributed by atoms with van der Waals surface area (Å²) in [5.41, 5.74) is 1.01. The van der Waals surface area contributed by atoms with Gasteiger partial charge in [-0.15, -0.1) is 6.58 Å². The third kappa shape index (κ3) is 4.14. The molecule has 0 aromatic heterocycles. The summed E-state index contributed by atoms with van der Waals surface area (Å²) in [7, 11) is -3.19. The first-order chi connectivity index (χ1) is 8.11. The van der Waals surface area contributed by atoms with Crippen LogP contribution in [0, 0.1) is 0 Å². The predicted octanol–water partition coefficient (Wildman–Crippen LogP) is 3.50. The molecule has 0 bridgehead atoms. The summed E-state index contributed by atoms with van der Waals surface area (Å²) in [5.74, 6) is 0. The zero-order valence-corrected chi connectivity index (χ0v) is 11.3. The minimum absolute atomic E-state index is 0.347. The summed E-state index contributed by atoms with van der Waals surface area (Å²) in [6, 6.07) is 7.51. The van der Waals surface area contributed by atoms with Crippen LogP contribution in [-0.2, 0) is 11.0 Å². The molecule has 0 heterocycles. The van der Waals surface area contributed by atoms with Gasteiger partial charge in [0.15, 0.2) is 0 Å². The number of rotatable bonds is 7. The molecule has 1 unspecified atom stereocenters. The van der Waals surface area contributed by atoms with Crippen molar-refractivity contribution in [2.75, 3.05) is 6.16 Å². The van der Waals surface area contributed by atoms with Crippen molar-refractivity contribution in [3.05, 3.63) is 42.5 Å². The lowest BCUT2D eigenvalue weighted by molar-refractivity contribution is 0.487. The molecule has 1 aromatic rings. The van der Waals surface area contributed by atoms with Gasteiger partial charge in [0.1, 0.15) is 0 Å². The average molecular weight is 252 g/mol. The smallest absolute Gasteiger partial charge is 0.229 e. The fourth-order valence-electron chi connectivity index (χ4n) is 1.90. The van der Waals surface area contributed by atoms with Gasteiger partial charge in [-0.05, 0) is 30.9 Å². The van der Waals surface area contributed by atoms with E-state index in [0.29, 0.717) is 11.5 Å². The van der Waals surface area contributed by atoms with E-state index in [1.807, 2.05) is 18.2 Å². The summed E-state index contributed by atoms with van der Waals surface area (Å²) in [6.07, 6.45) is 5.50. The van der Waals surface area contributed by atoms with Gasteiger partial charge in [-0.2, -0.15) is 0 Å². The van der Waals surface area contributed by atoms with E-state index >= 15 is 0 Å². The molecule has 1 aromatic carbocycles. The van der Waals surface area contributed by atoms with Crippen molar-refractivity contribution >= 4 is 12.7 Å². The number of hydrogen-bond donors (Lipinski definition) is 1. The van der Waals surface area contributed by atoms with E-state index in [2.05, 4.69) is 13.5 Å². The summed E-state index contributed by atoms with van der Waals surface area (Å²) < 4.78 is 12.3. The average Bonchev–Trinajstić information content (AvgIpc) is 2.30. The van der Waals surface area contributed by atoms with Gasteiger partial charge in [0.05, 0.1) is 0 Å². The van der Waals surface area contributed by atoms with Crippen molar-refractivity contribution in [1.82, 2.24) is 0 Å². The molecule has 94 valence electrons. The number of hydrogen-bond acceptors (Lipinski definition) is 1. The van der Waals surface area contributed by atoms with Gasteiger partial charge in [-0.25, -0.2) is 0 Å². The second-order valence-electron chi connectivity index (χ2n) is 4.23. The lowest BCUT2D eigenvalue weighted by Gasteiger charge is -2.15. The minimum atomic E-state index is -3.19. The molecular weight excluding hydrogens is 231 g/mol. The molecule has 3 heteroatoms. The van der Waals surface area contributed by atoms with Gasteiger partial charge in [0.2, 0.25) is 7.37 Å². The van der Waals surface area contributed by atoms with Gasteiger partial charge < -0.3 is 4.89 Å². The second-order valence-corrected chi connectivity index (χ2v) is 6.57. The Hall–Kier alpha value is -0.850. The van der Waals surface area contributed by atoms with E-state index < -0.39 is 7.37 Å². The molecule has 0 fully saturated rings. The molecule has 17 heavy (non-hydrogen) atoms. The lowest BCUT2D eigenvalue weighted by atomic mass is 10.1. The molecule has 0 aliphatic rings. The Kier molecular flexibility index (Phi) is 5.67. The Bertz CT molecular complexity index is 412. The zero-order valence-electron chi connectivity index (χ0n) is 10.4. The summed E-state index contributed by atoms with van der Waals surface area (Å²) >= 11 is 0. The van der Waals surface area contributed by atoms with Crippen molar-refractivity contribution in [1.29, 1.82) is 0 Å². The predicted molar refractivity (Wildman–Crippen MR) is 74.2 cm³/mol. The Morgan fingerprint density at radius 3 is 2.76 bits per heavy atom. The molecule has 0 spiro atoms. The van der Waals surface area contributed by atoms with E-state index in [9.17, 15) is 9.46 Å². The van der Waals surface area contributed by atoms with E-state index in [-0.39, 0.29) is 0 Å². The lowest BCUT2D eigenvalue weighted by Crippen LogP contribution is -2.13. The standard InChI is InChI=1S/C14H21O2P/c1-3-5-8-12-17(15,16)14-11-7-6-10-13(14)9-4-2/h3,6-7,10-11H,1,4-5,8-9,12H2,2H3,(H,15,16). The van der Waals surface area contributed by atoms with Crippen LogP contribution in [0.4, 0.5) is 0 Å². The van der Waals surface area contributed by atoms with Crippen LogP contribution in [0.15, 0.2) is 36.9 Å². The highest BCUT2D eigenvalue weighted by Gasteiger charge is 2.22. The second kappa shape index (κ2) is 6.78. The first-order valence-electron chi connectivity index (χ1n) is 6.13. The summed E-state index contributed by atoms with van der Waals surface area (Å²) in [4.78, 5) is 10.1. The van der Waals surface area contributed by atoms with Gasteiger partial charge in [-0.3, -0.25) is 4.57 Å². The van der Waals surface area contributed by atoms with Crippen LogP contribution in [0.3, 0.4) is 0 Å².